The second-order valence-corrected chi connectivity index (χ2v) is 7.40. The Morgan fingerprint density at radius 1 is 1.26 bits per heavy atom. The number of aromatic nitrogens is 2. The van der Waals surface area contributed by atoms with Crippen LogP contribution in [0.4, 0.5) is 5.69 Å². The number of hydrogen-bond acceptors (Lipinski definition) is 5. The van der Waals surface area contributed by atoms with Crippen LogP contribution in [0.15, 0.2) is 46.8 Å². The quantitative estimate of drug-likeness (QED) is 0.685. The fourth-order valence-electron chi connectivity index (χ4n) is 2.73. The summed E-state index contributed by atoms with van der Waals surface area (Å²) in [5.41, 5.74) is 0.929. The van der Waals surface area contributed by atoms with Gasteiger partial charge in [-0.15, -0.1) is 11.3 Å². The average molecular weight is 382 g/mol. The van der Waals surface area contributed by atoms with Crippen molar-refractivity contribution in [2.45, 2.75) is 31.8 Å². The van der Waals surface area contributed by atoms with Crippen LogP contribution in [0, 0.1) is 0 Å². The molecule has 2 amide bonds. The number of amides is 2. The Labute approximate surface area is 159 Å². The van der Waals surface area contributed by atoms with Crippen LogP contribution in [0.2, 0.25) is 0 Å². The molecular weight excluding hydrogens is 364 g/mol. The highest BCUT2D eigenvalue weighted by atomic mass is 32.1. The summed E-state index contributed by atoms with van der Waals surface area (Å²) in [6.07, 6.45) is 3.65. The van der Waals surface area contributed by atoms with Gasteiger partial charge in [-0.3, -0.25) is 19.0 Å². The number of nitrogens with zero attached hydrogens (tertiary/aromatic N) is 2. The van der Waals surface area contributed by atoms with E-state index in [2.05, 4.69) is 15.6 Å². The van der Waals surface area contributed by atoms with Crippen molar-refractivity contribution >= 4 is 39.1 Å². The number of aryl methyl sites for hydroxylation is 1. The number of benzene rings is 1. The number of fused-ring (bicyclic) bond motifs is 1. The van der Waals surface area contributed by atoms with Crippen LogP contribution in [-0.2, 0) is 11.3 Å². The predicted molar refractivity (Wildman–Crippen MR) is 104 cm³/mol. The van der Waals surface area contributed by atoms with Crippen LogP contribution in [-0.4, -0.2) is 27.4 Å². The molecule has 2 N–H and O–H groups in total. The molecule has 1 fully saturated rings. The molecule has 138 valence electrons. The first kappa shape index (κ1) is 17.4. The highest BCUT2D eigenvalue weighted by molar-refractivity contribution is 7.16. The van der Waals surface area contributed by atoms with E-state index in [4.69, 9.17) is 0 Å². The molecule has 0 atom stereocenters. The topological polar surface area (TPSA) is 93.1 Å². The zero-order chi connectivity index (χ0) is 18.8. The summed E-state index contributed by atoms with van der Waals surface area (Å²) in [5, 5.41) is 8.08. The maximum Gasteiger partial charge on any atom is 0.262 e. The monoisotopic (exact) mass is 382 g/mol. The van der Waals surface area contributed by atoms with E-state index in [0.29, 0.717) is 21.5 Å². The van der Waals surface area contributed by atoms with E-state index < -0.39 is 0 Å². The van der Waals surface area contributed by atoms with Gasteiger partial charge >= 0.3 is 0 Å². The molecule has 0 bridgehead atoms. The Morgan fingerprint density at radius 2 is 2.11 bits per heavy atom. The van der Waals surface area contributed by atoms with Crippen LogP contribution >= 0.6 is 11.3 Å². The molecule has 7 nitrogen and oxygen atoms in total. The minimum Gasteiger partial charge on any atom is -0.349 e. The van der Waals surface area contributed by atoms with Gasteiger partial charge in [-0.25, -0.2) is 4.98 Å². The first-order valence-electron chi connectivity index (χ1n) is 8.73. The molecule has 3 aromatic rings. The Bertz CT molecular complexity index is 1070. The van der Waals surface area contributed by atoms with Crippen LogP contribution in [0.1, 0.15) is 29.6 Å². The molecule has 4 rings (SSSR count). The van der Waals surface area contributed by atoms with Crippen LogP contribution < -0.4 is 16.2 Å². The van der Waals surface area contributed by atoms with E-state index in [9.17, 15) is 14.4 Å². The van der Waals surface area contributed by atoms with Gasteiger partial charge in [-0.05, 0) is 42.5 Å². The highest BCUT2D eigenvalue weighted by Gasteiger charge is 2.23. The SMILES string of the molecule is O=C(CCn1cnc2sccc2c1=O)Nc1cccc(C(=O)NC2CC2)c1. The lowest BCUT2D eigenvalue weighted by Crippen LogP contribution is -2.25. The lowest BCUT2D eigenvalue weighted by atomic mass is 10.2. The summed E-state index contributed by atoms with van der Waals surface area (Å²) in [5.74, 6) is -0.359. The van der Waals surface area contributed by atoms with Gasteiger partial charge < -0.3 is 10.6 Å². The number of hydrogen-bond donors (Lipinski definition) is 2. The van der Waals surface area contributed by atoms with Crippen molar-refractivity contribution in [2.75, 3.05) is 5.32 Å². The Balaban J connectivity index is 1.38. The Hall–Kier alpha value is -3.00. The normalized spacial score (nSPS) is 13.5. The summed E-state index contributed by atoms with van der Waals surface area (Å²) in [6, 6.07) is 8.86. The smallest absolute Gasteiger partial charge is 0.262 e. The van der Waals surface area contributed by atoms with Gasteiger partial charge in [0.15, 0.2) is 0 Å². The molecule has 27 heavy (non-hydrogen) atoms. The third-order valence-electron chi connectivity index (χ3n) is 4.35. The van der Waals surface area contributed by atoms with Crippen molar-refractivity contribution in [3.63, 3.8) is 0 Å². The molecule has 1 aliphatic carbocycles. The van der Waals surface area contributed by atoms with Crippen LogP contribution in [0.5, 0.6) is 0 Å². The zero-order valence-corrected chi connectivity index (χ0v) is 15.3. The second-order valence-electron chi connectivity index (χ2n) is 6.51. The maximum atomic E-state index is 12.3. The molecule has 1 saturated carbocycles. The summed E-state index contributed by atoms with van der Waals surface area (Å²) in [7, 11) is 0. The number of carbonyl (C=O) groups excluding carboxylic acids is 2. The van der Waals surface area contributed by atoms with E-state index >= 15 is 0 Å². The molecule has 8 heteroatoms. The molecule has 1 aromatic carbocycles. The second kappa shape index (κ2) is 7.32. The van der Waals surface area contributed by atoms with Crippen molar-refractivity contribution in [1.82, 2.24) is 14.9 Å². The lowest BCUT2D eigenvalue weighted by molar-refractivity contribution is -0.116. The third-order valence-corrected chi connectivity index (χ3v) is 5.17. The minimum absolute atomic E-state index is 0.129. The molecule has 0 radical (unpaired) electrons. The van der Waals surface area contributed by atoms with Gasteiger partial charge in [-0.2, -0.15) is 0 Å². The lowest BCUT2D eigenvalue weighted by Gasteiger charge is -2.09. The van der Waals surface area contributed by atoms with Gasteiger partial charge in [0.1, 0.15) is 4.83 Å². The molecule has 2 heterocycles. The summed E-state index contributed by atoms with van der Waals surface area (Å²) in [4.78, 5) is 41.6. The van der Waals surface area contributed by atoms with E-state index in [-0.39, 0.29) is 36.4 Å². The number of carbonyl (C=O) groups is 2. The zero-order valence-electron chi connectivity index (χ0n) is 14.5. The van der Waals surface area contributed by atoms with Crippen molar-refractivity contribution in [3.8, 4) is 0 Å². The van der Waals surface area contributed by atoms with Gasteiger partial charge in [-0.1, -0.05) is 6.07 Å². The standard InChI is InChI=1S/C19H18N4O3S/c24-16(6-8-23-11-20-18-15(19(23)26)7-9-27-18)21-14-3-1-2-12(10-14)17(25)22-13-4-5-13/h1-3,7,9-11,13H,4-6,8H2,(H,21,24)(H,22,25). The number of nitrogens with one attached hydrogen (secondary N) is 2. The van der Waals surface area contributed by atoms with Crippen LogP contribution in [0.25, 0.3) is 10.2 Å². The van der Waals surface area contributed by atoms with Crippen molar-refractivity contribution in [1.29, 1.82) is 0 Å². The Kier molecular flexibility index (Phi) is 4.72. The highest BCUT2D eigenvalue weighted by Crippen LogP contribution is 2.20. The first-order valence-corrected chi connectivity index (χ1v) is 9.61. The fraction of sp³-hybridized carbons (Fsp3) is 0.263. The van der Waals surface area contributed by atoms with Gasteiger partial charge in [0.05, 0.1) is 11.7 Å². The number of thiophene rings is 1. The van der Waals surface area contributed by atoms with E-state index in [1.807, 2.05) is 5.38 Å². The first-order chi connectivity index (χ1) is 13.1. The van der Waals surface area contributed by atoms with Crippen molar-refractivity contribution in [3.05, 3.63) is 58.0 Å². The van der Waals surface area contributed by atoms with E-state index in [1.54, 1.807) is 30.3 Å². The molecule has 0 unspecified atom stereocenters. The Morgan fingerprint density at radius 3 is 2.93 bits per heavy atom. The predicted octanol–water partition coefficient (Wildman–Crippen LogP) is 2.38. The fourth-order valence-corrected chi connectivity index (χ4v) is 3.46. The molecule has 0 saturated heterocycles. The summed E-state index contributed by atoms with van der Waals surface area (Å²) >= 11 is 1.41. The van der Waals surface area contributed by atoms with Gasteiger partial charge in [0.25, 0.3) is 11.5 Å². The maximum absolute atomic E-state index is 12.3. The molecule has 2 aromatic heterocycles. The molecule has 1 aliphatic rings. The van der Waals surface area contributed by atoms with Crippen LogP contribution in [0.3, 0.4) is 0 Å². The molecule has 0 aliphatic heterocycles. The molecule has 0 spiro atoms. The van der Waals surface area contributed by atoms with Gasteiger partial charge in [0.2, 0.25) is 5.91 Å². The van der Waals surface area contributed by atoms with Crippen molar-refractivity contribution < 1.29 is 9.59 Å². The minimum atomic E-state index is -0.230. The summed E-state index contributed by atoms with van der Waals surface area (Å²) in [6.45, 7) is 0.241. The number of rotatable bonds is 6. The largest absolute Gasteiger partial charge is 0.349 e. The van der Waals surface area contributed by atoms with Crippen molar-refractivity contribution in [2.24, 2.45) is 0 Å². The summed E-state index contributed by atoms with van der Waals surface area (Å²) < 4.78 is 1.44. The van der Waals surface area contributed by atoms with Gasteiger partial charge in [0, 0.05) is 30.3 Å². The molecular formula is C19H18N4O3S. The number of anilines is 1. The van der Waals surface area contributed by atoms with E-state index in [0.717, 1.165) is 12.8 Å². The third kappa shape index (κ3) is 4.06. The van der Waals surface area contributed by atoms with E-state index in [1.165, 1.54) is 22.2 Å². The average Bonchev–Trinajstić information content (AvgIpc) is 3.34.